The molecule has 1 aromatic rings. The van der Waals surface area contributed by atoms with E-state index >= 15 is 0 Å². The quantitative estimate of drug-likeness (QED) is 0.728. The first-order valence-corrected chi connectivity index (χ1v) is 5.23. The first-order valence-electron chi connectivity index (χ1n) is 5.23. The highest BCUT2D eigenvalue weighted by atomic mass is 15.2. The molecule has 0 aliphatic carbocycles. The van der Waals surface area contributed by atoms with E-state index in [0.29, 0.717) is 6.04 Å². The fraction of sp³-hybridized carbons (Fsp3) is 0.700. The number of hydrogen-bond acceptors (Lipinski definition) is 3. The van der Waals surface area contributed by atoms with Gasteiger partial charge >= 0.3 is 0 Å². The highest BCUT2D eigenvalue weighted by Gasteiger charge is 2.19. The first kappa shape index (κ1) is 9.68. The molecule has 14 heavy (non-hydrogen) atoms. The van der Waals surface area contributed by atoms with E-state index in [1.54, 1.807) is 0 Å². The lowest BCUT2D eigenvalue weighted by molar-refractivity contribution is 0.185. The van der Waals surface area contributed by atoms with Crippen molar-refractivity contribution in [3.05, 3.63) is 17.5 Å². The van der Waals surface area contributed by atoms with E-state index in [-0.39, 0.29) is 0 Å². The van der Waals surface area contributed by atoms with Crippen molar-refractivity contribution in [3.8, 4) is 0 Å². The number of aryl methyl sites for hydroxylation is 1. The summed E-state index contributed by atoms with van der Waals surface area (Å²) in [5, 5.41) is 10.4. The Kier molecular flexibility index (Phi) is 2.84. The van der Waals surface area contributed by atoms with Crippen LogP contribution in [0.5, 0.6) is 0 Å². The third kappa shape index (κ3) is 1.81. The average molecular weight is 194 g/mol. The Bertz CT molecular complexity index is 288. The summed E-state index contributed by atoms with van der Waals surface area (Å²) < 4.78 is 0. The molecule has 1 aliphatic heterocycles. The van der Waals surface area contributed by atoms with E-state index < -0.39 is 0 Å². The van der Waals surface area contributed by atoms with Crippen LogP contribution in [-0.4, -0.2) is 41.3 Å². The molecular weight excluding hydrogens is 176 g/mol. The van der Waals surface area contributed by atoms with Gasteiger partial charge in [0.15, 0.2) is 0 Å². The minimum atomic E-state index is 0.482. The number of nitrogens with zero attached hydrogens (tertiary/aromatic N) is 2. The van der Waals surface area contributed by atoms with Crippen LogP contribution in [0.3, 0.4) is 0 Å². The fourth-order valence-corrected chi connectivity index (χ4v) is 2.05. The number of rotatable bonds is 2. The standard InChI is InChI=1S/C10H18N4/c1-8-10(7-12-13-8)9(2)14-5-3-11-4-6-14/h7,9,11H,3-6H2,1-2H3,(H,12,13). The van der Waals surface area contributed by atoms with Crippen LogP contribution in [0, 0.1) is 6.92 Å². The van der Waals surface area contributed by atoms with Gasteiger partial charge in [0, 0.05) is 43.5 Å². The van der Waals surface area contributed by atoms with Crippen LogP contribution in [0.25, 0.3) is 0 Å². The van der Waals surface area contributed by atoms with Gasteiger partial charge in [0.25, 0.3) is 0 Å². The van der Waals surface area contributed by atoms with Crippen molar-refractivity contribution in [1.29, 1.82) is 0 Å². The van der Waals surface area contributed by atoms with Crippen molar-refractivity contribution in [2.24, 2.45) is 0 Å². The Morgan fingerprint density at radius 3 is 2.71 bits per heavy atom. The van der Waals surface area contributed by atoms with Gasteiger partial charge in [-0.05, 0) is 13.8 Å². The number of nitrogens with one attached hydrogen (secondary N) is 2. The third-order valence-corrected chi connectivity index (χ3v) is 3.02. The molecule has 4 heteroatoms. The highest BCUT2D eigenvalue weighted by Crippen LogP contribution is 2.21. The molecule has 0 amide bonds. The highest BCUT2D eigenvalue weighted by molar-refractivity contribution is 5.18. The van der Waals surface area contributed by atoms with Gasteiger partial charge in [0.05, 0.1) is 6.20 Å². The molecule has 2 N–H and O–H groups in total. The molecule has 1 atom stereocenters. The van der Waals surface area contributed by atoms with Crippen LogP contribution in [0.4, 0.5) is 0 Å². The van der Waals surface area contributed by atoms with E-state index in [4.69, 9.17) is 0 Å². The molecule has 2 rings (SSSR count). The number of H-pyrrole nitrogens is 1. The maximum atomic E-state index is 4.07. The zero-order valence-corrected chi connectivity index (χ0v) is 8.88. The van der Waals surface area contributed by atoms with Crippen molar-refractivity contribution in [1.82, 2.24) is 20.4 Å². The number of hydrogen-bond donors (Lipinski definition) is 2. The van der Waals surface area contributed by atoms with Gasteiger partial charge in [0.1, 0.15) is 0 Å². The molecule has 1 saturated heterocycles. The second kappa shape index (κ2) is 4.11. The van der Waals surface area contributed by atoms with Crippen LogP contribution in [-0.2, 0) is 0 Å². The molecule has 1 aliphatic rings. The Balaban J connectivity index is 2.07. The maximum Gasteiger partial charge on any atom is 0.0537 e. The van der Waals surface area contributed by atoms with Crippen LogP contribution in [0.15, 0.2) is 6.20 Å². The Hall–Kier alpha value is -0.870. The predicted octanol–water partition coefficient (Wildman–Crippen LogP) is 0.684. The minimum Gasteiger partial charge on any atom is -0.314 e. The van der Waals surface area contributed by atoms with Gasteiger partial charge in [0.2, 0.25) is 0 Å². The lowest BCUT2D eigenvalue weighted by atomic mass is 10.1. The van der Waals surface area contributed by atoms with E-state index in [2.05, 4.69) is 34.3 Å². The van der Waals surface area contributed by atoms with Crippen molar-refractivity contribution in [2.45, 2.75) is 19.9 Å². The molecule has 0 bridgehead atoms. The topological polar surface area (TPSA) is 44.0 Å². The molecule has 78 valence electrons. The van der Waals surface area contributed by atoms with Crippen LogP contribution in [0.2, 0.25) is 0 Å². The molecule has 1 aromatic heterocycles. The van der Waals surface area contributed by atoms with Gasteiger partial charge in [-0.2, -0.15) is 5.10 Å². The smallest absolute Gasteiger partial charge is 0.0537 e. The Morgan fingerprint density at radius 1 is 1.43 bits per heavy atom. The second-order valence-electron chi connectivity index (χ2n) is 3.91. The van der Waals surface area contributed by atoms with Crippen molar-refractivity contribution < 1.29 is 0 Å². The van der Waals surface area contributed by atoms with E-state index in [1.165, 1.54) is 11.3 Å². The molecule has 0 aromatic carbocycles. The van der Waals surface area contributed by atoms with E-state index in [0.717, 1.165) is 26.2 Å². The van der Waals surface area contributed by atoms with E-state index in [1.807, 2.05) is 6.20 Å². The summed E-state index contributed by atoms with van der Waals surface area (Å²) in [6.07, 6.45) is 1.95. The van der Waals surface area contributed by atoms with Crippen molar-refractivity contribution in [3.63, 3.8) is 0 Å². The third-order valence-electron chi connectivity index (χ3n) is 3.02. The summed E-state index contributed by atoms with van der Waals surface area (Å²) in [5.74, 6) is 0. The van der Waals surface area contributed by atoms with Gasteiger partial charge in [-0.3, -0.25) is 10.00 Å². The number of aromatic amines is 1. The molecule has 4 nitrogen and oxygen atoms in total. The van der Waals surface area contributed by atoms with Crippen LogP contribution >= 0.6 is 0 Å². The minimum absolute atomic E-state index is 0.482. The van der Waals surface area contributed by atoms with Crippen LogP contribution in [0.1, 0.15) is 24.2 Å². The van der Waals surface area contributed by atoms with Crippen molar-refractivity contribution >= 4 is 0 Å². The number of aromatic nitrogens is 2. The Labute approximate surface area is 84.7 Å². The summed E-state index contributed by atoms with van der Waals surface area (Å²) >= 11 is 0. The fourth-order valence-electron chi connectivity index (χ4n) is 2.05. The second-order valence-corrected chi connectivity index (χ2v) is 3.91. The number of piperazine rings is 1. The summed E-state index contributed by atoms with van der Waals surface area (Å²) in [6.45, 7) is 8.80. The van der Waals surface area contributed by atoms with Gasteiger partial charge in [-0.25, -0.2) is 0 Å². The summed E-state index contributed by atoms with van der Waals surface area (Å²) in [5.41, 5.74) is 2.52. The van der Waals surface area contributed by atoms with E-state index in [9.17, 15) is 0 Å². The lowest BCUT2D eigenvalue weighted by Gasteiger charge is -2.32. The molecule has 2 heterocycles. The molecule has 0 radical (unpaired) electrons. The lowest BCUT2D eigenvalue weighted by Crippen LogP contribution is -2.44. The first-order chi connectivity index (χ1) is 6.79. The summed E-state index contributed by atoms with van der Waals surface area (Å²) in [4.78, 5) is 2.49. The zero-order chi connectivity index (χ0) is 9.97. The molecule has 0 saturated carbocycles. The SMILES string of the molecule is Cc1[nH]ncc1C(C)N1CCNCC1. The molecule has 1 fully saturated rings. The normalized spacial score (nSPS) is 21.0. The molecule has 1 unspecified atom stereocenters. The summed E-state index contributed by atoms with van der Waals surface area (Å²) in [7, 11) is 0. The monoisotopic (exact) mass is 194 g/mol. The zero-order valence-electron chi connectivity index (χ0n) is 8.88. The van der Waals surface area contributed by atoms with Gasteiger partial charge < -0.3 is 5.32 Å². The average Bonchev–Trinajstić information content (AvgIpc) is 2.65. The largest absolute Gasteiger partial charge is 0.314 e. The maximum absolute atomic E-state index is 4.07. The molecular formula is C10H18N4. The van der Waals surface area contributed by atoms with Crippen molar-refractivity contribution in [2.75, 3.05) is 26.2 Å². The van der Waals surface area contributed by atoms with Gasteiger partial charge in [-0.1, -0.05) is 0 Å². The molecule has 0 spiro atoms. The van der Waals surface area contributed by atoms with Gasteiger partial charge in [-0.15, -0.1) is 0 Å². The predicted molar refractivity (Wildman–Crippen MR) is 56.2 cm³/mol. The Morgan fingerprint density at radius 2 is 2.14 bits per heavy atom. The summed E-state index contributed by atoms with van der Waals surface area (Å²) in [6, 6.07) is 0.482. The van der Waals surface area contributed by atoms with Crippen LogP contribution < -0.4 is 5.32 Å².